The van der Waals surface area contributed by atoms with Crippen molar-refractivity contribution in [3.8, 4) is 11.3 Å². The molecule has 1 fully saturated rings. The fourth-order valence-electron chi connectivity index (χ4n) is 3.23. The first kappa shape index (κ1) is 18.7. The summed E-state index contributed by atoms with van der Waals surface area (Å²) in [5, 5.41) is 2.67. The molecule has 0 atom stereocenters. The molecule has 0 bridgehead atoms. The number of nitrogens with two attached hydrogens (primary N) is 1. The maximum atomic E-state index is 14.0. The predicted molar refractivity (Wildman–Crippen MR) is 104 cm³/mol. The van der Waals surface area contributed by atoms with E-state index >= 15 is 0 Å². The number of carbonyl (C=O) groups excluding carboxylic acids is 1. The van der Waals surface area contributed by atoms with Gasteiger partial charge in [0.25, 0.3) is 0 Å². The Morgan fingerprint density at radius 3 is 2.66 bits per heavy atom. The maximum Gasteiger partial charge on any atom is 0.323 e. The van der Waals surface area contributed by atoms with Gasteiger partial charge in [0.2, 0.25) is 0 Å². The first-order valence-corrected chi connectivity index (χ1v) is 9.01. The van der Waals surface area contributed by atoms with E-state index in [2.05, 4.69) is 20.3 Å². The number of anilines is 2. The Labute approximate surface area is 165 Å². The second kappa shape index (κ2) is 7.78. The monoisotopic (exact) mass is 396 g/mol. The summed E-state index contributed by atoms with van der Waals surface area (Å²) in [6.07, 6.45) is 5.80. The van der Waals surface area contributed by atoms with Crippen LogP contribution in [0.25, 0.3) is 11.3 Å². The van der Waals surface area contributed by atoms with Crippen LogP contribution >= 0.6 is 0 Å². The minimum absolute atomic E-state index is 0.121. The molecule has 7 nitrogen and oxygen atoms in total. The van der Waals surface area contributed by atoms with Gasteiger partial charge in [-0.1, -0.05) is 0 Å². The summed E-state index contributed by atoms with van der Waals surface area (Å²) < 4.78 is 27.2. The number of rotatable bonds is 4. The Hall–Kier alpha value is -3.62. The van der Waals surface area contributed by atoms with Crippen molar-refractivity contribution in [3.05, 3.63) is 66.3 Å². The topological polar surface area (TPSA) is 97.0 Å². The average Bonchev–Trinajstić information content (AvgIpc) is 2.67. The molecule has 3 N–H and O–H groups in total. The van der Waals surface area contributed by atoms with Gasteiger partial charge >= 0.3 is 6.03 Å². The smallest absolute Gasteiger partial charge is 0.323 e. The highest BCUT2D eigenvalue weighted by Crippen LogP contribution is 2.27. The Bertz CT molecular complexity index is 1040. The summed E-state index contributed by atoms with van der Waals surface area (Å²) >= 11 is 0. The second-order valence-electron chi connectivity index (χ2n) is 6.91. The number of carbonyl (C=O) groups is 1. The summed E-state index contributed by atoms with van der Waals surface area (Å²) in [5.74, 6) is -0.951. The summed E-state index contributed by atoms with van der Waals surface area (Å²) in [7, 11) is 0. The molecule has 0 saturated carbocycles. The Morgan fingerprint density at radius 1 is 1.17 bits per heavy atom. The van der Waals surface area contributed by atoms with E-state index in [9.17, 15) is 13.6 Å². The van der Waals surface area contributed by atoms with Crippen LogP contribution in [0.3, 0.4) is 0 Å². The number of halogens is 2. The van der Waals surface area contributed by atoms with Gasteiger partial charge in [0.15, 0.2) is 5.82 Å². The molecule has 9 heteroatoms. The molecule has 2 amide bonds. The molecule has 1 aliphatic rings. The van der Waals surface area contributed by atoms with Gasteiger partial charge in [-0.15, -0.1) is 0 Å². The Balaban J connectivity index is 1.41. The fourth-order valence-corrected chi connectivity index (χ4v) is 3.23. The zero-order chi connectivity index (χ0) is 20.4. The standard InChI is InChI=1S/C20H18F2N6O/c21-14-1-2-15(16(22)6-14)18-4-3-17(23)19(26-18)27-20(29)28-9-13(10-28)5-12-7-24-11-25-8-12/h1-4,6-8,11,13H,5,9-10,23H2,(H,26,27,29). The normalized spacial score (nSPS) is 13.8. The van der Waals surface area contributed by atoms with Crippen LogP contribution in [0.15, 0.2) is 49.1 Å². The van der Waals surface area contributed by atoms with Crippen molar-refractivity contribution in [2.24, 2.45) is 5.92 Å². The Kier molecular flexibility index (Phi) is 5.03. The lowest BCUT2D eigenvalue weighted by Crippen LogP contribution is -2.52. The average molecular weight is 396 g/mol. The first-order valence-electron chi connectivity index (χ1n) is 9.01. The Morgan fingerprint density at radius 2 is 1.93 bits per heavy atom. The van der Waals surface area contributed by atoms with E-state index in [-0.39, 0.29) is 28.8 Å². The largest absolute Gasteiger partial charge is 0.396 e. The van der Waals surface area contributed by atoms with Crippen molar-refractivity contribution in [1.29, 1.82) is 0 Å². The van der Waals surface area contributed by atoms with Crippen molar-refractivity contribution in [2.45, 2.75) is 6.42 Å². The van der Waals surface area contributed by atoms with E-state index < -0.39 is 11.6 Å². The van der Waals surface area contributed by atoms with E-state index in [4.69, 9.17) is 5.73 Å². The number of nitrogens with zero attached hydrogens (tertiary/aromatic N) is 4. The quantitative estimate of drug-likeness (QED) is 0.706. The number of likely N-dealkylation sites (tertiary alicyclic amines) is 1. The molecule has 1 aliphatic heterocycles. The van der Waals surface area contributed by atoms with E-state index in [1.807, 2.05) is 0 Å². The van der Waals surface area contributed by atoms with Crippen LogP contribution in [-0.2, 0) is 6.42 Å². The van der Waals surface area contributed by atoms with Gasteiger partial charge < -0.3 is 10.6 Å². The molecule has 2 aromatic heterocycles. The molecule has 148 valence electrons. The number of hydrogen-bond donors (Lipinski definition) is 2. The number of benzene rings is 1. The van der Waals surface area contributed by atoms with E-state index in [1.165, 1.54) is 24.5 Å². The van der Waals surface area contributed by atoms with E-state index in [0.29, 0.717) is 19.0 Å². The number of amides is 2. The second-order valence-corrected chi connectivity index (χ2v) is 6.91. The summed E-state index contributed by atoms with van der Waals surface area (Å²) in [6.45, 7) is 1.18. The number of hydrogen-bond acceptors (Lipinski definition) is 5. The molecule has 1 saturated heterocycles. The van der Waals surface area contributed by atoms with Crippen LogP contribution < -0.4 is 11.1 Å². The molecule has 0 spiro atoms. The zero-order valence-corrected chi connectivity index (χ0v) is 15.3. The van der Waals surface area contributed by atoms with Crippen molar-refractivity contribution in [2.75, 3.05) is 24.1 Å². The minimum Gasteiger partial charge on any atom is -0.396 e. The van der Waals surface area contributed by atoms with E-state index in [1.54, 1.807) is 17.3 Å². The highest BCUT2D eigenvalue weighted by Gasteiger charge is 2.31. The third-order valence-corrected chi connectivity index (χ3v) is 4.74. The maximum absolute atomic E-state index is 14.0. The third kappa shape index (κ3) is 4.13. The van der Waals surface area contributed by atoms with E-state index in [0.717, 1.165) is 24.1 Å². The molecule has 1 aromatic carbocycles. The zero-order valence-electron chi connectivity index (χ0n) is 15.3. The lowest BCUT2D eigenvalue weighted by molar-refractivity contribution is 0.131. The van der Waals surface area contributed by atoms with Crippen LogP contribution in [0.5, 0.6) is 0 Å². The van der Waals surface area contributed by atoms with Crippen LogP contribution in [0, 0.1) is 17.6 Å². The molecular weight excluding hydrogens is 378 g/mol. The summed E-state index contributed by atoms with van der Waals surface area (Å²) in [6, 6.07) is 5.93. The van der Waals surface area contributed by atoms with Gasteiger partial charge in [-0.3, -0.25) is 5.32 Å². The first-order chi connectivity index (χ1) is 14.0. The molecule has 0 aliphatic carbocycles. The van der Waals surface area contributed by atoms with Gasteiger partial charge in [-0.05, 0) is 42.2 Å². The highest BCUT2D eigenvalue weighted by molar-refractivity contribution is 5.92. The molecule has 4 rings (SSSR count). The van der Waals surface area contributed by atoms with Crippen LogP contribution in [0.4, 0.5) is 25.1 Å². The highest BCUT2D eigenvalue weighted by atomic mass is 19.1. The van der Waals surface area contributed by atoms with Crippen LogP contribution in [0.2, 0.25) is 0 Å². The van der Waals surface area contributed by atoms with Crippen LogP contribution in [-0.4, -0.2) is 39.0 Å². The number of aromatic nitrogens is 3. The van der Waals surface area contributed by atoms with Crippen molar-refractivity contribution in [3.63, 3.8) is 0 Å². The van der Waals surface area contributed by atoms with Crippen LogP contribution in [0.1, 0.15) is 5.56 Å². The van der Waals surface area contributed by atoms with Gasteiger partial charge in [0, 0.05) is 37.1 Å². The molecule has 0 radical (unpaired) electrons. The molecule has 3 heterocycles. The predicted octanol–water partition coefficient (Wildman–Crippen LogP) is 3.11. The molecular formula is C20H18F2N6O. The lowest BCUT2D eigenvalue weighted by atomic mass is 9.94. The number of nitrogens with one attached hydrogen (secondary N) is 1. The van der Waals surface area contributed by atoms with Crippen molar-refractivity contribution >= 4 is 17.5 Å². The SMILES string of the molecule is Nc1ccc(-c2ccc(F)cc2F)nc1NC(=O)N1CC(Cc2cncnc2)C1. The molecule has 0 unspecified atom stereocenters. The van der Waals surface area contributed by atoms with Gasteiger partial charge in [0.05, 0.1) is 11.4 Å². The third-order valence-electron chi connectivity index (χ3n) is 4.74. The molecule has 3 aromatic rings. The fraction of sp³-hybridized carbons (Fsp3) is 0.200. The minimum atomic E-state index is -0.741. The number of nitrogen functional groups attached to an aromatic ring is 1. The van der Waals surface area contributed by atoms with Gasteiger partial charge in [-0.25, -0.2) is 28.5 Å². The lowest BCUT2D eigenvalue weighted by Gasteiger charge is -2.39. The van der Waals surface area contributed by atoms with Crippen molar-refractivity contribution in [1.82, 2.24) is 19.9 Å². The number of pyridine rings is 1. The van der Waals surface area contributed by atoms with Gasteiger partial charge in [-0.2, -0.15) is 0 Å². The van der Waals surface area contributed by atoms with Gasteiger partial charge in [0.1, 0.15) is 18.0 Å². The number of urea groups is 1. The van der Waals surface area contributed by atoms with Crippen molar-refractivity contribution < 1.29 is 13.6 Å². The molecule has 29 heavy (non-hydrogen) atoms. The summed E-state index contributed by atoms with van der Waals surface area (Å²) in [5.41, 5.74) is 7.55. The summed E-state index contributed by atoms with van der Waals surface area (Å²) in [4.78, 5) is 26.3.